The third-order valence-corrected chi connectivity index (χ3v) is 4.08. The van der Waals surface area contributed by atoms with Crippen LogP contribution in [0.15, 0.2) is 12.2 Å². The molecule has 0 spiro atoms. The molecule has 0 aliphatic heterocycles. The van der Waals surface area contributed by atoms with Crippen molar-refractivity contribution in [3.05, 3.63) is 12.2 Å². The van der Waals surface area contributed by atoms with Crippen LogP contribution in [-0.4, -0.2) is 24.3 Å². The second-order valence-corrected chi connectivity index (χ2v) is 5.87. The fraction of sp³-hybridized carbons (Fsp3) is 0.800. The Bertz CT molecular complexity index is 310. The van der Waals surface area contributed by atoms with Gasteiger partial charge < -0.3 is 9.47 Å². The maximum Gasteiger partial charge on any atom is 0.336 e. The number of hydrogen-bond acceptors (Lipinski definition) is 3. The molecule has 2 aliphatic rings. The molecule has 0 saturated heterocycles. The zero-order chi connectivity index (χ0) is 13.0. The van der Waals surface area contributed by atoms with Crippen LogP contribution in [0.3, 0.4) is 0 Å². The molecule has 0 aromatic rings. The van der Waals surface area contributed by atoms with E-state index in [2.05, 4.69) is 6.58 Å². The molecule has 0 bridgehead atoms. The average Bonchev–Trinajstić information content (AvgIpc) is 2.97. The van der Waals surface area contributed by atoms with Crippen LogP contribution in [0.2, 0.25) is 0 Å². The zero-order valence-corrected chi connectivity index (χ0v) is 11.4. The summed E-state index contributed by atoms with van der Waals surface area (Å²) in [5.74, 6) is -0.280. The maximum atomic E-state index is 11.9. The van der Waals surface area contributed by atoms with Crippen molar-refractivity contribution in [1.29, 1.82) is 0 Å². The van der Waals surface area contributed by atoms with Gasteiger partial charge in [-0.15, -0.1) is 0 Å². The summed E-state index contributed by atoms with van der Waals surface area (Å²) in [5.41, 5.74) is 0.183. The van der Waals surface area contributed by atoms with Gasteiger partial charge in [-0.3, -0.25) is 0 Å². The lowest BCUT2D eigenvalue weighted by atomic mass is 10.1. The Hall–Kier alpha value is -0.830. The summed E-state index contributed by atoms with van der Waals surface area (Å²) in [5, 5.41) is 0. The van der Waals surface area contributed by atoms with Crippen molar-refractivity contribution in [2.45, 2.75) is 70.0 Å². The minimum absolute atomic E-state index is 0.270. The molecule has 0 aromatic heterocycles. The van der Waals surface area contributed by atoms with Crippen molar-refractivity contribution in [3.63, 3.8) is 0 Å². The molecular formula is C15H24O3. The number of rotatable bonds is 5. The predicted octanol–water partition coefficient (Wildman–Crippen LogP) is 3.38. The van der Waals surface area contributed by atoms with Crippen molar-refractivity contribution in [2.24, 2.45) is 0 Å². The van der Waals surface area contributed by atoms with E-state index in [0.717, 1.165) is 38.5 Å². The Labute approximate surface area is 110 Å². The Morgan fingerprint density at radius 1 is 1.22 bits per heavy atom. The van der Waals surface area contributed by atoms with Crippen molar-refractivity contribution >= 4 is 5.97 Å². The monoisotopic (exact) mass is 252 g/mol. The summed E-state index contributed by atoms with van der Waals surface area (Å²) in [6, 6.07) is 0. The Morgan fingerprint density at radius 3 is 2.44 bits per heavy atom. The van der Waals surface area contributed by atoms with E-state index >= 15 is 0 Å². The van der Waals surface area contributed by atoms with Gasteiger partial charge in [0.15, 0.2) is 0 Å². The van der Waals surface area contributed by atoms with Crippen LogP contribution in [0, 0.1) is 0 Å². The smallest absolute Gasteiger partial charge is 0.336 e. The Kier molecular flexibility index (Phi) is 4.44. The molecule has 102 valence electrons. The van der Waals surface area contributed by atoms with Gasteiger partial charge >= 0.3 is 5.97 Å². The molecule has 2 rings (SSSR count). The molecule has 0 heterocycles. The number of carbonyl (C=O) groups is 1. The normalized spacial score (nSPS) is 23.2. The minimum atomic E-state index is -0.280. The third kappa shape index (κ3) is 3.58. The fourth-order valence-electron chi connectivity index (χ4n) is 2.85. The summed E-state index contributed by atoms with van der Waals surface area (Å²) in [6.07, 6.45) is 9.24. The molecule has 2 fully saturated rings. The molecule has 0 N–H and O–H groups in total. The second-order valence-electron chi connectivity index (χ2n) is 5.87. The lowest BCUT2D eigenvalue weighted by Crippen LogP contribution is -2.29. The molecule has 3 heteroatoms. The summed E-state index contributed by atoms with van der Waals surface area (Å²) >= 11 is 0. The summed E-state index contributed by atoms with van der Waals surface area (Å²) < 4.78 is 11.2. The molecule has 0 aromatic carbocycles. The molecule has 3 nitrogen and oxygen atoms in total. The molecule has 0 radical (unpaired) electrons. The van der Waals surface area contributed by atoms with E-state index in [9.17, 15) is 4.79 Å². The van der Waals surface area contributed by atoms with Gasteiger partial charge in [-0.05, 0) is 45.4 Å². The van der Waals surface area contributed by atoms with Crippen LogP contribution >= 0.6 is 0 Å². The topological polar surface area (TPSA) is 35.5 Å². The van der Waals surface area contributed by atoms with Crippen LogP contribution in [0.5, 0.6) is 0 Å². The van der Waals surface area contributed by atoms with E-state index in [0.29, 0.717) is 18.3 Å². The van der Waals surface area contributed by atoms with Crippen LogP contribution in [0.25, 0.3) is 0 Å². The van der Waals surface area contributed by atoms with Gasteiger partial charge in [0.2, 0.25) is 0 Å². The average molecular weight is 252 g/mol. The SMILES string of the molecule is C=C(COC1CCCC1)C(=O)OC1(C)CCCC1. The molecule has 2 aliphatic carbocycles. The highest BCUT2D eigenvalue weighted by atomic mass is 16.6. The van der Waals surface area contributed by atoms with Crippen molar-refractivity contribution in [3.8, 4) is 0 Å². The standard InChI is InChI=1S/C15H24O3/c1-12(11-17-13-7-3-4-8-13)14(16)18-15(2)9-5-6-10-15/h13H,1,3-11H2,2H3. The predicted molar refractivity (Wildman–Crippen MR) is 70.3 cm³/mol. The van der Waals surface area contributed by atoms with Crippen molar-refractivity contribution in [2.75, 3.05) is 6.61 Å². The van der Waals surface area contributed by atoms with Crippen LogP contribution in [-0.2, 0) is 14.3 Å². The lowest BCUT2D eigenvalue weighted by molar-refractivity contribution is -0.153. The van der Waals surface area contributed by atoms with E-state index in [1.54, 1.807) is 0 Å². The van der Waals surface area contributed by atoms with Crippen molar-refractivity contribution < 1.29 is 14.3 Å². The number of esters is 1. The molecule has 0 atom stereocenters. The first-order valence-electron chi connectivity index (χ1n) is 7.12. The van der Waals surface area contributed by atoms with E-state index in [1.165, 1.54) is 12.8 Å². The first kappa shape index (κ1) is 13.6. The molecule has 0 amide bonds. The third-order valence-electron chi connectivity index (χ3n) is 4.08. The van der Waals surface area contributed by atoms with E-state index in [-0.39, 0.29) is 11.6 Å². The largest absolute Gasteiger partial charge is 0.456 e. The highest BCUT2D eigenvalue weighted by Crippen LogP contribution is 2.33. The van der Waals surface area contributed by atoms with Gasteiger partial charge in [0.1, 0.15) is 5.60 Å². The number of hydrogen-bond donors (Lipinski definition) is 0. The Morgan fingerprint density at radius 2 is 1.83 bits per heavy atom. The van der Waals surface area contributed by atoms with Crippen LogP contribution < -0.4 is 0 Å². The molecular weight excluding hydrogens is 228 g/mol. The number of carbonyl (C=O) groups excluding carboxylic acids is 1. The van der Waals surface area contributed by atoms with Gasteiger partial charge in [0, 0.05) is 0 Å². The first-order chi connectivity index (χ1) is 8.59. The zero-order valence-electron chi connectivity index (χ0n) is 11.4. The Balaban J connectivity index is 1.72. The minimum Gasteiger partial charge on any atom is -0.456 e. The summed E-state index contributed by atoms with van der Waals surface area (Å²) in [6.45, 7) is 6.13. The maximum absolute atomic E-state index is 11.9. The highest BCUT2D eigenvalue weighted by Gasteiger charge is 2.33. The van der Waals surface area contributed by atoms with E-state index in [4.69, 9.17) is 9.47 Å². The van der Waals surface area contributed by atoms with Gasteiger partial charge in [0.05, 0.1) is 18.3 Å². The van der Waals surface area contributed by atoms with E-state index < -0.39 is 0 Å². The quantitative estimate of drug-likeness (QED) is 0.556. The van der Waals surface area contributed by atoms with E-state index in [1.807, 2.05) is 6.92 Å². The van der Waals surface area contributed by atoms with Crippen LogP contribution in [0.4, 0.5) is 0 Å². The summed E-state index contributed by atoms with van der Waals surface area (Å²) in [4.78, 5) is 11.9. The van der Waals surface area contributed by atoms with Gasteiger partial charge in [-0.25, -0.2) is 4.79 Å². The van der Waals surface area contributed by atoms with Gasteiger partial charge in [0.25, 0.3) is 0 Å². The molecule has 18 heavy (non-hydrogen) atoms. The fourth-order valence-corrected chi connectivity index (χ4v) is 2.85. The van der Waals surface area contributed by atoms with Crippen LogP contribution in [0.1, 0.15) is 58.3 Å². The number of ether oxygens (including phenoxy) is 2. The first-order valence-corrected chi connectivity index (χ1v) is 7.12. The van der Waals surface area contributed by atoms with Gasteiger partial charge in [-0.2, -0.15) is 0 Å². The molecule has 2 saturated carbocycles. The molecule has 0 unspecified atom stereocenters. The summed E-state index contributed by atoms with van der Waals surface area (Å²) in [7, 11) is 0. The van der Waals surface area contributed by atoms with Gasteiger partial charge in [-0.1, -0.05) is 19.4 Å². The lowest BCUT2D eigenvalue weighted by Gasteiger charge is -2.24. The highest BCUT2D eigenvalue weighted by molar-refractivity contribution is 5.88. The second kappa shape index (κ2) is 5.87. The van der Waals surface area contributed by atoms with Crippen molar-refractivity contribution in [1.82, 2.24) is 0 Å².